The Labute approximate surface area is 242 Å². The molecule has 1 aliphatic carbocycles. The number of hydrogen-bond acceptors (Lipinski definition) is 6. The van der Waals surface area contributed by atoms with Gasteiger partial charge in [-0.1, -0.05) is 60.7 Å². The van der Waals surface area contributed by atoms with Crippen LogP contribution in [0, 0.1) is 11.2 Å². The summed E-state index contributed by atoms with van der Waals surface area (Å²) in [5, 5.41) is 0. The molecule has 0 N–H and O–H groups in total. The highest BCUT2D eigenvalue weighted by Gasteiger charge is 2.71. The Kier molecular flexibility index (Phi) is 5.87. The van der Waals surface area contributed by atoms with E-state index in [1.165, 1.54) is 19.2 Å². The molecule has 0 saturated carbocycles. The Morgan fingerprint density at radius 3 is 2.17 bits per heavy atom. The molecule has 2 heterocycles. The van der Waals surface area contributed by atoms with Gasteiger partial charge in [-0.3, -0.25) is 14.4 Å². The van der Waals surface area contributed by atoms with Crippen LogP contribution in [0.15, 0.2) is 97.1 Å². The summed E-state index contributed by atoms with van der Waals surface area (Å²) in [5.74, 6) is -1.11. The Morgan fingerprint density at radius 2 is 1.50 bits per heavy atom. The number of benzene rings is 4. The minimum absolute atomic E-state index is 0.279. The van der Waals surface area contributed by atoms with Crippen LogP contribution in [0.4, 0.5) is 10.1 Å². The minimum Gasteiger partial charge on any atom is -0.497 e. The number of carbonyl (C=O) groups is 3. The van der Waals surface area contributed by atoms with Gasteiger partial charge in [0.2, 0.25) is 0 Å². The van der Waals surface area contributed by atoms with Crippen LogP contribution in [0.2, 0.25) is 0 Å². The van der Waals surface area contributed by atoms with Gasteiger partial charge in [-0.05, 0) is 48.0 Å². The van der Waals surface area contributed by atoms with Crippen LogP contribution in [-0.2, 0) is 0 Å². The van der Waals surface area contributed by atoms with Gasteiger partial charge in [0.1, 0.15) is 28.8 Å². The van der Waals surface area contributed by atoms with Gasteiger partial charge in [-0.15, -0.1) is 0 Å². The van der Waals surface area contributed by atoms with Crippen LogP contribution in [0.5, 0.6) is 11.5 Å². The summed E-state index contributed by atoms with van der Waals surface area (Å²) >= 11 is 0. The smallest absolute Gasteiger partial charge is 0.186 e. The highest BCUT2D eigenvalue weighted by molar-refractivity contribution is 6.32. The second kappa shape index (κ2) is 9.52. The number of hydrogen-bond donors (Lipinski definition) is 0. The lowest BCUT2D eigenvalue weighted by molar-refractivity contribution is 0.0666. The highest BCUT2D eigenvalue weighted by Crippen LogP contribution is 2.61. The molecule has 3 aliphatic rings. The van der Waals surface area contributed by atoms with E-state index in [2.05, 4.69) is 0 Å². The molecule has 0 bridgehead atoms. The number of rotatable bonds is 5. The van der Waals surface area contributed by atoms with Gasteiger partial charge in [-0.25, -0.2) is 4.39 Å². The second-order valence-corrected chi connectivity index (χ2v) is 10.8. The first-order valence-corrected chi connectivity index (χ1v) is 13.7. The molecule has 6 nitrogen and oxygen atoms in total. The van der Waals surface area contributed by atoms with E-state index in [9.17, 15) is 18.8 Å². The molecule has 4 aromatic rings. The third-order valence-electron chi connectivity index (χ3n) is 8.86. The molecular weight excluding hydrogens is 533 g/mol. The van der Waals surface area contributed by atoms with Gasteiger partial charge in [0.25, 0.3) is 0 Å². The van der Waals surface area contributed by atoms with Crippen molar-refractivity contribution in [1.29, 1.82) is 0 Å². The zero-order chi connectivity index (χ0) is 29.2. The van der Waals surface area contributed by atoms with Crippen molar-refractivity contribution in [3.63, 3.8) is 0 Å². The molecule has 42 heavy (non-hydrogen) atoms. The first-order chi connectivity index (χ1) is 20.4. The molecule has 0 amide bonds. The van der Waals surface area contributed by atoms with Crippen molar-refractivity contribution in [1.82, 2.24) is 0 Å². The van der Waals surface area contributed by atoms with Crippen molar-refractivity contribution < 1.29 is 28.2 Å². The molecule has 2 aliphatic heterocycles. The van der Waals surface area contributed by atoms with E-state index < -0.39 is 29.2 Å². The van der Waals surface area contributed by atoms with Gasteiger partial charge < -0.3 is 14.4 Å². The maximum Gasteiger partial charge on any atom is 0.186 e. The summed E-state index contributed by atoms with van der Waals surface area (Å²) in [6.45, 7) is 0. The first-order valence-electron chi connectivity index (χ1n) is 13.7. The Balaban J connectivity index is 1.53. The zero-order valence-corrected chi connectivity index (χ0v) is 22.9. The molecule has 7 rings (SSSR count). The first kappa shape index (κ1) is 25.9. The van der Waals surface area contributed by atoms with Crippen LogP contribution in [0.1, 0.15) is 48.1 Å². The van der Waals surface area contributed by atoms with Crippen molar-refractivity contribution in [3.05, 3.63) is 131 Å². The fourth-order valence-electron chi connectivity index (χ4n) is 7.08. The SMILES string of the molecule is COc1ccc([C@H]2[C@H](C(=O)c3cccc(OC)c3)N3c4ccc(F)cc4C=C[C@@H]3C23C(=O)c2ccccc2C3=O)cc1. The largest absolute Gasteiger partial charge is 0.497 e. The molecule has 1 fully saturated rings. The van der Waals surface area contributed by atoms with Crippen molar-refractivity contribution in [3.8, 4) is 11.5 Å². The van der Waals surface area contributed by atoms with Gasteiger partial charge in [-0.2, -0.15) is 0 Å². The Hall–Kier alpha value is -5.04. The van der Waals surface area contributed by atoms with Crippen molar-refractivity contribution in [2.24, 2.45) is 5.41 Å². The Bertz CT molecular complexity index is 1780. The molecule has 208 valence electrons. The molecule has 1 saturated heterocycles. The van der Waals surface area contributed by atoms with Gasteiger partial charge in [0.15, 0.2) is 17.3 Å². The number of ketones is 3. The molecule has 0 aromatic heterocycles. The lowest BCUT2D eigenvalue weighted by Gasteiger charge is -2.37. The normalized spacial score (nSPS) is 21.2. The van der Waals surface area contributed by atoms with Crippen molar-refractivity contribution in [2.75, 3.05) is 19.1 Å². The number of fused-ring (bicyclic) bond motifs is 5. The number of halogens is 1. The third-order valence-corrected chi connectivity index (χ3v) is 8.86. The van der Waals surface area contributed by atoms with Crippen LogP contribution >= 0.6 is 0 Å². The monoisotopic (exact) mass is 559 g/mol. The Morgan fingerprint density at radius 1 is 0.810 bits per heavy atom. The molecule has 7 heteroatoms. The summed E-state index contributed by atoms with van der Waals surface area (Å²) in [6, 6.07) is 23.4. The van der Waals surface area contributed by atoms with E-state index in [4.69, 9.17) is 9.47 Å². The predicted molar refractivity (Wildman–Crippen MR) is 156 cm³/mol. The fraction of sp³-hybridized carbons (Fsp3) is 0.171. The summed E-state index contributed by atoms with van der Waals surface area (Å²) < 4.78 is 25.2. The van der Waals surface area contributed by atoms with E-state index in [0.717, 1.165) is 0 Å². The highest BCUT2D eigenvalue weighted by atomic mass is 19.1. The lowest BCUT2D eigenvalue weighted by atomic mass is 9.64. The van der Waals surface area contributed by atoms with Gasteiger partial charge in [0.05, 0.1) is 20.3 Å². The number of nitrogens with zero attached hydrogens (tertiary/aromatic N) is 1. The van der Waals surface area contributed by atoms with E-state index in [1.807, 2.05) is 17.0 Å². The van der Waals surface area contributed by atoms with E-state index >= 15 is 0 Å². The zero-order valence-electron chi connectivity index (χ0n) is 22.9. The van der Waals surface area contributed by atoms with Crippen molar-refractivity contribution in [2.45, 2.75) is 18.0 Å². The second-order valence-electron chi connectivity index (χ2n) is 10.8. The lowest BCUT2D eigenvalue weighted by Crippen LogP contribution is -2.48. The molecule has 0 radical (unpaired) electrons. The van der Waals surface area contributed by atoms with Crippen LogP contribution in [0.25, 0.3) is 6.08 Å². The fourth-order valence-corrected chi connectivity index (χ4v) is 7.08. The molecule has 3 atom stereocenters. The quantitative estimate of drug-likeness (QED) is 0.216. The molecule has 0 unspecified atom stereocenters. The number of methoxy groups -OCH3 is 2. The average Bonchev–Trinajstić information content (AvgIpc) is 3.46. The van der Waals surface area contributed by atoms with Crippen molar-refractivity contribution >= 4 is 29.1 Å². The number of carbonyl (C=O) groups excluding carboxylic acids is 3. The van der Waals surface area contributed by atoms with Crippen LogP contribution in [0.3, 0.4) is 0 Å². The standard InChI is InChI=1S/C35H26FNO5/c1-41-24-14-10-20(11-15-24)30-31(32(38)22-6-5-7-25(19-22)42-2)37-28-16-13-23(36)18-21(28)12-17-29(37)35(30)33(39)26-8-3-4-9-27(26)34(35)40/h3-19,29-31H,1-2H3/t29-,30+,31-/m1/s1. The van der Waals surface area contributed by atoms with E-state index in [-0.39, 0.29) is 17.3 Å². The minimum atomic E-state index is -1.64. The third kappa shape index (κ3) is 3.46. The summed E-state index contributed by atoms with van der Waals surface area (Å²) in [6.07, 6.45) is 3.52. The van der Waals surface area contributed by atoms with Crippen LogP contribution < -0.4 is 14.4 Å². The number of Topliss-reactive ketones (excluding diaryl/α,β-unsaturated/α-hetero) is 3. The molecule has 1 spiro atoms. The van der Waals surface area contributed by atoms with Crippen LogP contribution in [-0.4, -0.2) is 43.7 Å². The number of ether oxygens (including phenoxy) is 2. The molecule has 4 aromatic carbocycles. The number of anilines is 1. The van der Waals surface area contributed by atoms with Gasteiger partial charge >= 0.3 is 0 Å². The average molecular weight is 560 g/mol. The van der Waals surface area contributed by atoms with E-state index in [1.54, 1.807) is 86.0 Å². The molecular formula is C35H26FNO5. The van der Waals surface area contributed by atoms with E-state index in [0.29, 0.717) is 45.0 Å². The maximum atomic E-state index is 14.7. The summed E-state index contributed by atoms with van der Waals surface area (Å²) in [5.41, 5.74) is 1.22. The predicted octanol–water partition coefficient (Wildman–Crippen LogP) is 6.16. The maximum absolute atomic E-state index is 14.7. The topological polar surface area (TPSA) is 72.9 Å². The van der Waals surface area contributed by atoms with Gasteiger partial charge in [0, 0.05) is 33.9 Å². The summed E-state index contributed by atoms with van der Waals surface area (Å²) in [4.78, 5) is 45.9. The summed E-state index contributed by atoms with van der Waals surface area (Å²) in [7, 11) is 3.08.